The van der Waals surface area contributed by atoms with Gasteiger partial charge < -0.3 is 9.73 Å². The molecule has 6 heteroatoms. The number of aryl methyl sites for hydroxylation is 2. The summed E-state index contributed by atoms with van der Waals surface area (Å²) < 4.78 is 18.8. The van der Waals surface area contributed by atoms with Crippen molar-refractivity contribution < 1.29 is 8.81 Å². The van der Waals surface area contributed by atoms with Crippen molar-refractivity contribution in [2.45, 2.75) is 19.9 Å². The van der Waals surface area contributed by atoms with Crippen LogP contribution in [0.15, 0.2) is 10.5 Å². The Morgan fingerprint density at radius 3 is 2.39 bits per heavy atom. The molecule has 1 aliphatic heterocycles. The van der Waals surface area contributed by atoms with Crippen LogP contribution in [0.1, 0.15) is 23.1 Å². The Bertz CT molecular complexity index is 334. The van der Waals surface area contributed by atoms with Gasteiger partial charge in [0.25, 0.3) is 0 Å². The summed E-state index contributed by atoms with van der Waals surface area (Å²) in [5, 5.41) is 3.27. The van der Waals surface area contributed by atoms with Crippen LogP contribution in [0.2, 0.25) is 0 Å². The Kier molecular flexibility index (Phi) is 7.87. The van der Waals surface area contributed by atoms with Crippen LogP contribution in [0.5, 0.6) is 0 Å². The van der Waals surface area contributed by atoms with Crippen LogP contribution in [0, 0.1) is 13.8 Å². The van der Waals surface area contributed by atoms with Crippen LogP contribution < -0.4 is 5.32 Å². The van der Waals surface area contributed by atoms with Gasteiger partial charge in [0.15, 0.2) is 0 Å². The third-order valence-electron chi connectivity index (χ3n) is 3.25. The Hall–Kier alpha value is -0.290. The quantitative estimate of drug-likeness (QED) is 0.930. The molecule has 3 nitrogen and oxygen atoms in total. The minimum absolute atomic E-state index is 0. The fraction of sp³-hybridized carbons (Fsp3) is 0.667. The predicted octanol–water partition coefficient (Wildman–Crippen LogP) is 2.66. The van der Waals surface area contributed by atoms with Crippen LogP contribution >= 0.6 is 24.8 Å². The van der Waals surface area contributed by atoms with Crippen LogP contribution in [0.3, 0.4) is 0 Å². The fourth-order valence-electron chi connectivity index (χ4n) is 2.11. The largest absolute Gasteiger partial charge is 0.464 e. The number of nitrogens with zero attached hydrogens (tertiary/aromatic N) is 1. The summed E-state index contributed by atoms with van der Waals surface area (Å²) in [5.74, 6) is 1.66. The van der Waals surface area contributed by atoms with Gasteiger partial charge in [-0.1, -0.05) is 0 Å². The normalized spacial score (nSPS) is 17.7. The van der Waals surface area contributed by atoms with E-state index in [2.05, 4.69) is 10.2 Å². The molecule has 0 unspecified atom stereocenters. The monoisotopic (exact) mass is 298 g/mol. The molecule has 0 bridgehead atoms. The fourth-order valence-corrected chi connectivity index (χ4v) is 2.11. The summed E-state index contributed by atoms with van der Waals surface area (Å²) in [5.41, 5.74) is 1.10. The molecule has 2 rings (SSSR count). The molecule has 1 atom stereocenters. The van der Waals surface area contributed by atoms with Crippen LogP contribution in [0.4, 0.5) is 4.39 Å². The summed E-state index contributed by atoms with van der Waals surface area (Å²) in [6, 6.07) is 1.75. The zero-order valence-electron chi connectivity index (χ0n) is 10.7. The second-order valence-corrected chi connectivity index (χ2v) is 4.34. The van der Waals surface area contributed by atoms with Crippen molar-refractivity contribution in [1.82, 2.24) is 10.2 Å². The van der Waals surface area contributed by atoms with Gasteiger partial charge in [0, 0.05) is 26.2 Å². The zero-order valence-corrected chi connectivity index (χ0v) is 12.4. The number of nitrogens with one attached hydrogen (secondary N) is 1. The predicted molar refractivity (Wildman–Crippen MR) is 75.8 cm³/mol. The summed E-state index contributed by atoms with van der Waals surface area (Å²) in [6.07, 6.45) is 0. The van der Waals surface area contributed by atoms with E-state index >= 15 is 0 Å². The highest BCUT2D eigenvalue weighted by Gasteiger charge is 2.25. The highest BCUT2D eigenvalue weighted by molar-refractivity contribution is 5.85. The van der Waals surface area contributed by atoms with Gasteiger partial charge in [-0.15, -0.1) is 24.8 Å². The molecular formula is C12H21Cl2FN2O. The molecule has 1 aromatic rings. The Labute approximate surface area is 120 Å². The molecule has 0 saturated carbocycles. The van der Waals surface area contributed by atoms with Crippen LogP contribution in [-0.2, 0) is 0 Å². The van der Waals surface area contributed by atoms with Gasteiger partial charge in [-0.25, -0.2) is 4.39 Å². The van der Waals surface area contributed by atoms with Crippen molar-refractivity contribution in [2.75, 3.05) is 32.9 Å². The molecule has 1 aromatic heterocycles. The molecule has 0 amide bonds. The number of piperazine rings is 1. The van der Waals surface area contributed by atoms with E-state index in [1.165, 1.54) is 0 Å². The summed E-state index contributed by atoms with van der Waals surface area (Å²) in [6.45, 7) is 7.15. The van der Waals surface area contributed by atoms with Gasteiger partial charge in [0.05, 0.1) is 6.04 Å². The number of hydrogen-bond acceptors (Lipinski definition) is 3. The lowest BCUT2D eigenvalue weighted by molar-refractivity contribution is 0.129. The highest BCUT2D eigenvalue weighted by atomic mass is 35.5. The van der Waals surface area contributed by atoms with E-state index in [1.54, 1.807) is 0 Å². The molecule has 1 saturated heterocycles. The Balaban J connectivity index is 0.00000144. The van der Waals surface area contributed by atoms with Gasteiger partial charge in [0.2, 0.25) is 0 Å². The van der Waals surface area contributed by atoms with E-state index in [0.717, 1.165) is 43.3 Å². The van der Waals surface area contributed by atoms with Crippen LogP contribution in [0.25, 0.3) is 0 Å². The van der Waals surface area contributed by atoms with Gasteiger partial charge in [-0.05, 0) is 25.5 Å². The smallest absolute Gasteiger partial charge is 0.124 e. The van der Waals surface area contributed by atoms with Crippen molar-refractivity contribution in [3.05, 3.63) is 23.2 Å². The second-order valence-electron chi connectivity index (χ2n) is 4.34. The second kappa shape index (κ2) is 8.00. The van der Waals surface area contributed by atoms with E-state index in [-0.39, 0.29) is 37.5 Å². The molecular weight excluding hydrogens is 278 g/mol. The standard InChI is InChI=1S/C12H19FN2O.2ClH/c1-9-7-12(16-10(9)2)11(8-13)15-5-3-14-4-6-15;;/h7,11,14H,3-6,8H2,1-2H3;2*1H/t11-;;/m1../s1. The van der Waals surface area contributed by atoms with Gasteiger partial charge in [-0.3, -0.25) is 4.90 Å². The van der Waals surface area contributed by atoms with E-state index in [4.69, 9.17) is 4.42 Å². The third kappa shape index (κ3) is 3.85. The first-order chi connectivity index (χ1) is 7.72. The molecule has 0 spiro atoms. The minimum Gasteiger partial charge on any atom is -0.464 e. The summed E-state index contributed by atoms with van der Waals surface area (Å²) >= 11 is 0. The average molecular weight is 299 g/mol. The maximum absolute atomic E-state index is 13.1. The summed E-state index contributed by atoms with van der Waals surface area (Å²) in [7, 11) is 0. The molecule has 2 heterocycles. The van der Waals surface area contributed by atoms with Gasteiger partial charge >= 0.3 is 0 Å². The molecule has 0 radical (unpaired) electrons. The van der Waals surface area contributed by atoms with Crippen molar-refractivity contribution in [3.63, 3.8) is 0 Å². The van der Waals surface area contributed by atoms with E-state index in [0.29, 0.717) is 0 Å². The molecule has 1 aliphatic rings. The number of halogens is 3. The first kappa shape index (κ1) is 17.7. The number of furan rings is 1. The van der Waals surface area contributed by atoms with Gasteiger partial charge in [-0.2, -0.15) is 0 Å². The first-order valence-electron chi connectivity index (χ1n) is 5.80. The molecule has 0 aliphatic carbocycles. The lowest BCUT2D eigenvalue weighted by Crippen LogP contribution is -2.45. The lowest BCUT2D eigenvalue weighted by atomic mass is 10.1. The molecule has 0 aromatic carbocycles. The van der Waals surface area contributed by atoms with Crippen molar-refractivity contribution in [1.29, 1.82) is 0 Å². The minimum atomic E-state index is -0.383. The third-order valence-corrected chi connectivity index (χ3v) is 3.25. The first-order valence-corrected chi connectivity index (χ1v) is 5.80. The van der Waals surface area contributed by atoms with Crippen LogP contribution in [-0.4, -0.2) is 37.8 Å². The SMILES string of the molecule is Cc1cc([C@@H](CF)N2CCNCC2)oc1C.Cl.Cl. The summed E-state index contributed by atoms with van der Waals surface area (Å²) in [4.78, 5) is 2.15. The number of hydrogen-bond donors (Lipinski definition) is 1. The Morgan fingerprint density at radius 1 is 1.33 bits per heavy atom. The highest BCUT2D eigenvalue weighted by Crippen LogP contribution is 2.25. The molecule has 18 heavy (non-hydrogen) atoms. The average Bonchev–Trinajstić information content (AvgIpc) is 2.61. The Morgan fingerprint density at radius 2 is 1.94 bits per heavy atom. The topological polar surface area (TPSA) is 28.4 Å². The lowest BCUT2D eigenvalue weighted by Gasteiger charge is -2.32. The van der Waals surface area contributed by atoms with Crippen molar-refractivity contribution in [2.24, 2.45) is 0 Å². The molecule has 1 N–H and O–H groups in total. The zero-order chi connectivity index (χ0) is 11.5. The number of rotatable bonds is 3. The van der Waals surface area contributed by atoms with Crippen molar-refractivity contribution in [3.8, 4) is 0 Å². The molecule has 1 fully saturated rings. The molecule has 106 valence electrons. The number of alkyl halides is 1. The maximum Gasteiger partial charge on any atom is 0.124 e. The van der Waals surface area contributed by atoms with E-state index < -0.39 is 0 Å². The van der Waals surface area contributed by atoms with E-state index in [1.807, 2.05) is 19.9 Å². The maximum atomic E-state index is 13.1. The van der Waals surface area contributed by atoms with Gasteiger partial charge in [0.1, 0.15) is 18.2 Å². The van der Waals surface area contributed by atoms with E-state index in [9.17, 15) is 4.39 Å². The van der Waals surface area contributed by atoms with Crippen molar-refractivity contribution >= 4 is 24.8 Å².